The van der Waals surface area contributed by atoms with E-state index in [9.17, 15) is 9.90 Å². The van der Waals surface area contributed by atoms with Crippen molar-refractivity contribution in [2.24, 2.45) is 11.8 Å². The van der Waals surface area contributed by atoms with Crippen LogP contribution in [-0.4, -0.2) is 40.1 Å². The van der Waals surface area contributed by atoms with Gasteiger partial charge in [0.25, 0.3) is 0 Å². The van der Waals surface area contributed by atoms with Gasteiger partial charge in [0.2, 0.25) is 5.91 Å². The quantitative estimate of drug-likeness (QED) is 0.842. The van der Waals surface area contributed by atoms with Gasteiger partial charge in [0.05, 0.1) is 12.5 Å². The van der Waals surface area contributed by atoms with Gasteiger partial charge in [-0.15, -0.1) is 0 Å². The summed E-state index contributed by atoms with van der Waals surface area (Å²) in [5, 5.41) is 9.84. The molecule has 0 spiro atoms. The normalized spacial score (nSPS) is 30.5. The molecule has 0 aromatic carbocycles. The number of pyridine rings is 1. The molecule has 1 N–H and O–H groups in total. The van der Waals surface area contributed by atoms with E-state index in [2.05, 4.69) is 4.98 Å². The lowest BCUT2D eigenvalue weighted by Crippen LogP contribution is -2.32. The lowest BCUT2D eigenvalue weighted by atomic mass is 10.00. The van der Waals surface area contributed by atoms with E-state index >= 15 is 0 Å². The zero-order valence-corrected chi connectivity index (χ0v) is 10.3. The van der Waals surface area contributed by atoms with Crippen LogP contribution < -0.4 is 0 Å². The summed E-state index contributed by atoms with van der Waals surface area (Å²) in [6.45, 7) is 1.53. The first-order chi connectivity index (χ1) is 8.74. The molecule has 96 valence electrons. The van der Waals surface area contributed by atoms with Crippen molar-refractivity contribution in [3.8, 4) is 0 Å². The average molecular weight is 246 g/mol. The zero-order chi connectivity index (χ0) is 12.5. The summed E-state index contributed by atoms with van der Waals surface area (Å²) in [6.07, 6.45) is 3.83. The number of hydrogen-bond acceptors (Lipinski definition) is 3. The van der Waals surface area contributed by atoms with E-state index in [1.165, 1.54) is 0 Å². The highest BCUT2D eigenvalue weighted by molar-refractivity contribution is 5.78. The molecule has 3 rings (SSSR count). The number of likely N-dealkylation sites (tertiary alicyclic amines) is 1. The summed E-state index contributed by atoms with van der Waals surface area (Å²) in [6, 6.07) is 5.63. The number of rotatable bonds is 2. The van der Waals surface area contributed by atoms with Crippen LogP contribution in [0.1, 0.15) is 18.5 Å². The number of aliphatic hydroxyl groups excluding tert-OH is 1. The summed E-state index contributed by atoms with van der Waals surface area (Å²) in [5.41, 5.74) is 0.820. The van der Waals surface area contributed by atoms with Crippen molar-refractivity contribution in [1.29, 1.82) is 0 Å². The van der Waals surface area contributed by atoms with Crippen LogP contribution in [0, 0.1) is 11.8 Å². The first-order valence-electron chi connectivity index (χ1n) is 6.60. The molecule has 3 atom stereocenters. The molecule has 1 aromatic heterocycles. The number of aromatic nitrogens is 1. The van der Waals surface area contributed by atoms with Crippen LogP contribution in [-0.2, 0) is 11.2 Å². The van der Waals surface area contributed by atoms with Crippen molar-refractivity contribution < 1.29 is 9.90 Å². The Balaban J connectivity index is 1.62. The Bertz CT molecular complexity index is 435. The Morgan fingerprint density at radius 1 is 1.39 bits per heavy atom. The van der Waals surface area contributed by atoms with E-state index < -0.39 is 0 Å². The topological polar surface area (TPSA) is 53.4 Å². The molecule has 1 saturated heterocycles. The fourth-order valence-electron chi connectivity index (χ4n) is 3.21. The fraction of sp³-hybridized carbons (Fsp3) is 0.571. The van der Waals surface area contributed by atoms with E-state index in [0.717, 1.165) is 31.6 Å². The van der Waals surface area contributed by atoms with Gasteiger partial charge in [-0.3, -0.25) is 9.78 Å². The van der Waals surface area contributed by atoms with Gasteiger partial charge >= 0.3 is 0 Å². The third kappa shape index (κ3) is 2.12. The lowest BCUT2D eigenvalue weighted by Gasteiger charge is -2.18. The fourth-order valence-corrected chi connectivity index (χ4v) is 3.21. The monoisotopic (exact) mass is 246 g/mol. The van der Waals surface area contributed by atoms with E-state index in [1.54, 1.807) is 6.20 Å². The van der Waals surface area contributed by atoms with Gasteiger partial charge in [-0.05, 0) is 30.9 Å². The molecule has 1 aromatic rings. The zero-order valence-electron chi connectivity index (χ0n) is 10.3. The minimum Gasteiger partial charge on any atom is -0.393 e. The van der Waals surface area contributed by atoms with Crippen molar-refractivity contribution in [3.05, 3.63) is 30.1 Å². The van der Waals surface area contributed by atoms with Gasteiger partial charge in [0.15, 0.2) is 0 Å². The number of hydrogen-bond donors (Lipinski definition) is 1. The van der Waals surface area contributed by atoms with E-state index in [1.807, 2.05) is 23.1 Å². The predicted molar refractivity (Wildman–Crippen MR) is 66.7 cm³/mol. The van der Waals surface area contributed by atoms with Gasteiger partial charge in [0, 0.05) is 30.9 Å². The standard InChI is InChI=1S/C14H18N2O2/c17-13-5-4-10-8-16(9-12(10)13)14(18)7-11-3-1-2-6-15-11/h1-3,6,10,12-13,17H,4-5,7-9H2. The van der Waals surface area contributed by atoms with E-state index in [-0.39, 0.29) is 12.0 Å². The number of aliphatic hydroxyl groups is 1. The lowest BCUT2D eigenvalue weighted by molar-refractivity contribution is -0.129. The molecule has 1 saturated carbocycles. The van der Waals surface area contributed by atoms with Crippen LogP contribution in [0.25, 0.3) is 0 Å². The first-order valence-corrected chi connectivity index (χ1v) is 6.60. The summed E-state index contributed by atoms with van der Waals surface area (Å²) in [4.78, 5) is 18.2. The van der Waals surface area contributed by atoms with Crippen LogP contribution >= 0.6 is 0 Å². The third-order valence-corrected chi connectivity index (χ3v) is 4.23. The second-order valence-electron chi connectivity index (χ2n) is 5.37. The van der Waals surface area contributed by atoms with Gasteiger partial charge < -0.3 is 10.0 Å². The molecule has 1 amide bonds. The van der Waals surface area contributed by atoms with E-state index in [0.29, 0.717) is 18.3 Å². The van der Waals surface area contributed by atoms with Crippen LogP contribution in [0.5, 0.6) is 0 Å². The third-order valence-electron chi connectivity index (χ3n) is 4.23. The molecule has 4 nitrogen and oxygen atoms in total. The summed E-state index contributed by atoms with van der Waals surface area (Å²) in [5.74, 6) is 0.945. The van der Waals surface area contributed by atoms with Crippen LogP contribution in [0.15, 0.2) is 24.4 Å². The predicted octanol–water partition coefficient (Wildman–Crippen LogP) is 0.853. The molecule has 0 bridgehead atoms. The highest BCUT2D eigenvalue weighted by Crippen LogP contribution is 2.38. The van der Waals surface area contributed by atoms with E-state index in [4.69, 9.17) is 0 Å². The molecule has 4 heteroatoms. The minimum absolute atomic E-state index is 0.135. The SMILES string of the molecule is O=C(Cc1ccccn1)N1CC2CCC(O)C2C1. The molecule has 2 heterocycles. The number of carbonyl (C=O) groups excluding carboxylic acids is 1. The minimum atomic E-state index is -0.206. The van der Waals surface area contributed by atoms with Gasteiger partial charge in [-0.1, -0.05) is 6.07 Å². The maximum atomic E-state index is 12.2. The Kier molecular flexibility index (Phi) is 3.04. The smallest absolute Gasteiger partial charge is 0.228 e. The molecular weight excluding hydrogens is 228 g/mol. The van der Waals surface area contributed by atoms with Crippen molar-refractivity contribution in [1.82, 2.24) is 9.88 Å². The highest BCUT2D eigenvalue weighted by Gasteiger charge is 2.43. The Hall–Kier alpha value is -1.42. The van der Waals surface area contributed by atoms with Crippen molar-refractivity contribution >= 4 is 5.91 Å². The van der Waals surface area contributed by atoms with Crippen LogP contribution in [0.3, 0.4) is 0 Å². The van der Waals surface area contributed by atoms with Gasteiger partial charge in [0.1, 0.15) is 0 Å². The number of fused-ring (bicyclic) bond motifs is 1. The molecule has 3 unspecified atom stereocenters. The van der Waals surface area contributed by atoms with Crippen molar-refractivity contribution in [2.45, 2.75) is 25.4 Å². The molecule has 18 heavy (non-hydrogen) atoms. The van der Waals surface area contributed by atoms with Crippen LogP contribution in [0.4, 0.5) is 0 Å². The molecule has 1 aliphatic heterocycles. The highest BCUT2D eigenvalue weighted by atomic mass is 16.3. The second-order valence-corrected chi connectivity index (χ2v) is 5.37. The molecule has 2 fully saturated rings. The number of nitrogens with zero attached hydrogens (tertiary/aromatic N) is 2. The summed E-state index contributed by atoms with van der Waals surface area (Å²) in [7, 11) is 0. The summed E-state index contributed by atoms with van der Waals surface area (Å²) >= 11 is 0. The number of carbonyl (C=O) groups is 1. The molecular formula is C14H18N2O2. The Morgan fingerprint density at radius 2 is 2.28 bits per heavy atom. The number of amides is 1. The Labute approximate surface area is 107 Å². The van der Waals surface area contributed by atoms with Crippen LogP contribution in [0.2, 0.25) is 0 Å². The van der Waals surface area contributed by atoms with Gasteiger partial charge in [-0.2, -0.15) is 0 Å². The first kappa shape index (κ1) is 11.7. The maximum absolute atomic E-state index is 12.2. The van der Waals surface area contributed by atoms with Crippen molar-refractivity contribution in [3.63, 3.8) is 0 Å². The summed E-state index contributed by atoms with van der Waals surface area (Å²) < 4.78 is 0. The maximum Gasteiger partial charge on any atom is 0.228 e. The Morgan fingerprint density at radius 3 is 3.00 bits per heavy atom. The average Bonchev–Trinajstić information content (AvgIpc) is 2.93. The second kappa shape index (κ2) is 4.69. The largest absolute Gasteiger partial charge is 0.393 e. The molecule has 1 aliphatic carbocycles. The molecule has 2 aliphatic rings. The van der Waals surface area contributed by atoms with Crippen molar-refractivity contribution in [2.75, 3.05) is 13.1 Å². The van der Waals surface area contributed by atoms with Gasteiger partial charge in [-0.25, -0.2) is 0 Å². The molecule has 0 radical (unpaired) electrons.